The van der Waals surface area contributed by atoms with Gasteiger partial charge in [0, 0.05) is 24.0 Å². The largest absolute Gasteiger partial charge is 0.372 e. The number of rotatable bonds is 12. The number of ether oxygens (including phenoxy) is 1. The number of halogens is 1. The number of imidazole rings is 1. The zero-order valence-corrected chi connectivity index (χ0v) is 15.9. The van der Waals surface area contributed by atoms with Crippen molar-refractivity contribution in [2.45, 2.75) is 58.1 Å². The SMILES string of the molecule is CCCCCCCCOC(C=Cc1ccc(Cl)cc1)Cn1ccnc1. The molecule has 0 saturated heterocycles. The third kappa shape index (κ3) is 8.37. The van der Waals surface area contributed by atoms with Crippen LogP contribution in [0, 0.1) is 0 Å². The summed E-state index contributed by atoms with van der Waals surface area (Å²) in [5.74, 6) is 0. The van der Waals surface area contributed by atoms with Crippen molar-refractivity contribution in [2.75, 3.05) is 6.61 Å². The molecular weight excluding hydrogens is 332 g/mol. The Morgan fingerprint density at radius 1 is 1.12 bits per heavy atom. The first kappa shape index (κ1) is 19.7. The molecule has 0 fully saturated rings. The molecule has 0 aliphatic heterocycles. The van der Waals surface area contributed by atoms with Gasteiger partial charge in [-0.3, -0.25) is 0 Å². The van der Waals surface area contributed by atoms with E-state index < -0.39 is 0 Å². The molecule has 0 N–H and O–H groups in total. The molecule has 1 unspecified atom stereocenters. The summed E-state index contributed by atoms with van der Waals surface area (Å²) in [6.07, 6.45) is 17.5. The lowest BCUT2D eigenvalue weighted by Gasteiger charge is -2.15. The van der Waals surface area contributed by atoms with E-state index in [1.165, 1.54) is 32.1 Å². The van der Waals surface area contributed by atoms with Crippen molar-refractivity contribution in [3.05, 3.63) is 59.6 Å². The minimum atomic E-state index is 0.0421. The summed E-state index contributed by atoms with van der Waals surface area (Å²) in [4.78, 5) is 4.11. The van der Waals surface area contributed by atoms with Crippen LogP contribution in [0.5, 0.6) is 0 Å². The third-order valence-electron chi connectivity index (χ3n) is 4.15. The molecule has 4 heteroatoms. The molecule has 1 aromatic heterocycles. The zero-order chi connectivity index (χ0) is 17.7. The maximum absolute atomic E-state index is 6.11. The first-order valence-electron chi connectivity index (χ1n) is 9.29. The summed E-state index contributed by atoms with van der Waals surface area (Å²) in [6.45, 7) is 3.83. The van der Waals surface area contributed by atoms with Gasteiger partial charge < -0.3 is 9.30 Å². The third-order valence-corrected chi connectivity index (χ3v) is 4.41. The predicted octanol–water partition coefficient (Wildman–Crippen LogP) is 6.00. The highest BCUT2D eigenvalue weighted by atomic mass is 35.5. The second kappa shape index (κ2) is 11.9. The minimum absolute atomic E-state index is 0.0421. The topological polar surface area (TPSA) is 27.1 Å². The second-order valence-electron chi connectivity index (χ2n) is 6.35. The molecule has 2 rings (SSSR count). The molecule has 0 aliphatic carbocycles. The summed E-state index contributed by atoms with van der Waals surface area (Å²) in [5.41, 5.74) is 1.13. The molecule has 136 valence electrons. The standard InChI is InChI=1S/C21H29ClN2O/c1-2-3-4-5-6-7-16-25-21(17-24-15-14-23-18-24)13-10-19-8-11-20(22)12-9-19/h8-15,18,21H,2-7,16-17H2,1H3. The Labute approximate surface area is 156 Å². The molecule has 0 saturated carbocycles. The van der Waals surface area contributed by atoms with Crippen LogP contribution < -0.4 is 0 Å². The Balaban J connectivity index is 1.81. The predicted molar refractivity (Wildman–Crippen MR) is 106 cm³/mol. The first-order valence-corrected chi connectivity index (χ1v) is 9.67. The Bertz CT molecular complexity index is 593. The molecule has 25 heavy (non-hydrogen) atoms. The highest BCUT2D eigenvalue weighted by Gasteiger charge is 2.06. The summed E-state index contributed by atoms with van der Waals surface area (Å²) < 4.78 is 8.16. The van der Waals surface area contributed by atoms with Gasteiger partial charge in [-0.25, -0.2) is 4.98 Å². The molecule has 1 heterocycles. The van der Waals surface area contributed by atoms with Gasteiger partial charge in [0.2, 0.25) is 0 Å². The molecule has 0 amide bonds. The highest BCUT2D eigenvalue weighted by molar-refractivity contribution is 6.30. The Hall–Kier alpha value is -1.58. The minimum Gasteiger partial charge on any atom is -0.372 e. The maximum atomic E-state index is 6.11. The van der Waals surface area contributed by atoms with Crippen molar-refractivity contribution in [3.63, 3.8) is 0 Å². The number of hydrogen-bond donors (Lipinski definition) is 0. The lowest BCUT2D eigenvalue weighted by Crippen LogP contribution is -2.17. The number of unbranched alkanes of at least 4 members (excludes halogenated alkanes) is 5. The smallest absolute Gasteiger partial charge is 0.0946 e. The average Bonchev–Trinajstić information content (AvgIpc) is 3.13. The normalized spacial score (nSPS) is 12.7. The van der Waals surface area contributed by atoms with Gasteiger partial charge in [0.15, 0.2) is 0 Å². The molecule has 1 atom stereocenters. The highest BCUT2D eigenvalue weighted by Crippen LogP contribution is 2.12. The summed E-state index contributed by atoms with van der Waals surface area (Å²) in [6, 6.07) is 7.84. The molecule has 3 nitrogen and oxygen atoms in total. The molecule has 1 aromatic carbocycles. The monoisotopic (exact) mass is 360 g/mol. The van der Waals surface area contributed by atoms with Gasteiger partial charge in [0.05, 0.1) is 19.0 Å². The van der Waals surface area contributed by atoms with Crippen molar-refractivity contribution in [1.29, 1.82) is 0 Å². The van der Waals surface area contributed by atoms with Crippen molar-refractivity contribution in [1.82, 2.24) is 9.55 Å². The molecule has 0 aliphatic rings. The van der Waals surface area contributed by atoms with Gasteiger partial charge in [-0.15, -0.1) is 0 Å². The van der Waals surface area contributed by atoms with Crippen LogP contribution in [0.4, 0.5) is 0 Å². The van der Waals surface area contributed by atoms with Gasteiger partial charge in [-0.05, 0) is 24.1 Å². The Morgan fingerprint density at radius 3 is 2.60 bits per heavy atom. The van der Waals surface area contributed by atoms with Gasteiger partial charge in [0.25, 0.3) is 0 Å². The molecule has 2 aromatic rings. The van der Waals surface area contributed by atoms with E-state index in [4.69, 9.17) is 16.3 Å². The lowest BCUT2D eigenvalue weighted by atomic mass is 10.1. The summed E-state index contributed by atoms with van der Waals surface area (Å²) >= 11 is 5.94. The maximum Gasteiger partial charge on any atom is 0.0946 e. The van der Waals surface area contributed by atoms with Crippen LogP contribution in [0.15, 0.2) is 49.1 Å². The number of aromatic nitrogens is 2. The van der Waals surface area contributed by atoms with Crippen LogP contribution in [0.3, 0.4) is 0 Å². The Morgan fingerprint density at radius 2 is 1.88 bits per heavy atom. The van der Waals surface area contributed by atoms with Gasteiger partial charge in [-0.1, -0.05) is 74.9 Å². The number of hydrogen-bond acceptors (Lipinski definition) is 2. The zero-order valence-electron chi connectivity index (χ0n) is 15.1. The number of nitrogens with zero attached hydrogens (tertiary/aromatic N) is 2. The fraction of sp³-hybridized carbons (Fsp3) is 0.476. The summed E-state index contributed by atoms with van der Waals surface area (Å²) in [7, 11) is 0. The van der Waals surface area contributed by atoms with Crippen LogP contribution in [-0.4, -0.2) is 22.3 Å². The van der Waals surface area contributed by atoms with Crippen LogP contribution in [-0.2, 0) is 11.3 Å². The molecule has 0 bridgehead atoms. The van der Waals surface area contributed by atoms with E-state index >= 15 is 0 Å². The lowest BCUT2D eigenvalue weighted by molar-refractivity contribution is 0.0710. The van der Waals surface area contributed by atoms with Crippen molar-refractivity contribution < 1.29 is 4.74 Å². The van der Waals surface area contributed by atoms with Crippen molar-refractivity contribution in [3.8, 4) is 0 Å². The quantitative estimate of drug-likeness (QED) is 0.434. The van der Waals surface area contributed by atoms with Crippen LogP contribution in [0.1, 0.15) is 51.0 Å². The van der Waals surface area contributed by atoms with E-state index in [0.29, 0.717) is 0 Å². The second-order valence-corrected chi connectivity index (χ2v) is 6.78. The van der Waals surface area contributed by atoms with E-state index in [2.05, 4.69) is 28.6 Å². The molecule has 0 radical (unpaired) electrons. The van der Waals surface area contributed by atoms with Gasteiger partial charge in [0.1, 0.15) is 0 Å². The van der Waals surface area contributed by atoms with Crippen LogP contribution in [0.2, 0.25) is 5.02 Å². The Kier molecular flexibility index (Phi) is 9.38. The first-order chi connectivity index (χ1) is 12.3. The fourth-order valence-electron chi connectivity index (χ4n) is 2.68. The summed E-state index contributed by atoms with van der Waals surface area (Å²) in [5, 5.41) is 0.756. The fourth-order valence-corrected chi connectivity index (χ4v) is 2.81. The van der Waals surface area contributed by atoms with E-state index in [1.807, 2.05) is 36.8 Å². The average molecular weight is 361 g/mol. The molecular formula is C21H29ClN2O. The van der Waals surface area contributed by atoms with Gasteiger partial charge in [-0.2, -0.15) is 0 Å². The van der Waals surface area contributed by atoms with Gasteiger partial charge >= 0.3 is 0 Å². The number of benzene rings is 1. The van der Waals surface area contributed by atoms with E-state index in [0.717, 1.165) is 30.2 Å². The van der Waals surface area contributed by atoms with Crippen molar-refractivity contribution in [2.24, 2.45) is 0 Å². The van der Waals surface area contributed by atoms with E-state index in [1.54, 1.807) is 6.20 Å². The van der Waals surface area contributed by atoms with Crippen molar-refractivity contribution >= 4 is 17.7 Å². The molecule has 0 spiro atoms. The van der Waals surface area contributed by atoms with Crippen LogP contribution >= 0.6 is 11.6 Å². The van der Waals surface area contributed by atoms with E-state index in [-0.39, 0.29) is 6.10 Å². The van der Waals surface area contributed by atoms with Crippen LogP contribution in [0.25, 0.3) is 6.08 Å². The van der Waals surface area contributed by atoms with E-state index in [9.17, 15) is 0 Å².